The molecule has 3 aromatic heterocycles. The van der Waals surface area contributed by atoms with Crippen molar-refractivity contribution in [3.8, 4) is 33.0 Å². The number of benzene rings is 5. The quantitative estimate of drug-likeness (QED) is 0.126. The number of hydrogen-bond acceptors (Lipinski definition) is 6. The van der Waals surface area contributed by atoms with Gasteiger partial charge >= 0.3 is 10.1 Å². The zero-order chi connectivity index (χ0) is 34.3. The predicted molar refractivity (Wildman–Crippen MR) is 194 cm³/mol. The fraction of sp³-hybridized carbons (Fsp3) is 0.0250. The number of thiophene rings is 1. The van der Waals surface area contributed by atoms with Crippen LogP contribution in [-0.2, 0) is 15.7 Å². The van der Waals surface area contributed by atoms with E-state index in [1.54, 1.807) is 18.2 Å². The summed E-state index contributed by atoms with van der Waals surface area (Å²) in [6.45, 7) is 0. The Morgan fingerprint density at radius 2 is 1.24 bits per heavy atom. The first-order valence-corrected chi connectivity index (χ1v) is 17.9. The molecule has 244 valence electrons. The molecule has 10 heteroatoms. The lowest BCUT2D eigenvalue weighted by atomic mass is 9.77. The number of fused-ring (bicyclic) bond motifs is 1. The van der Waals surface area contributed by atoms with Gasteiger partial charge in [-0.2, -0.15) is 13.5 Å². The third-order valence-corrected chi connectivity index (χ3v) is 11.2. The molecule has 7 nitrogen and oxygen atoms in total. The number of rotatable bonds is 8. The van der Waals surface area contributed by atoms with Crippen LogP contribution < -0.4 is 0 Å². The van der Waals surface area contributed by atoms with Crippen LogP contribution in [0.15, 0.2) is 162 Å². The van der Waals surface area contributed by atoms with Crippen molar-refractivity contribution >= 4 is 32.4 Å². The zero-order valence-corrected chi connectivity index (χ0v) is 27.9. The highest BCUT2D eigenvalue weighted by molar-refractivity contribution is 7.88. The first-order valence-electron chi connectivity index (χ1n) is 15.7. The van der Waals surface area contributed by atoms with E-state index in [4.69, 9.17) is 5.10 Å². The number of nitrogens with zero attached hydrogens (tertiary/aromatic N) is 4. The summed E-state index contributed by atoms with van der Waals surface area (Å²) in [5.74, 6) is -0.352. The van der Waals surface area contributed by atoms with Crippen molar-refractivity contribution in [1.29, 1.82) is 0 Å². The van der Waals surface area contributed by atoms with Crippen LogP contribution in [0.5, 0.6) is 0 Å². The van der Waals surface area contributed by atoms with Crippen molar-refractivity contribution in [2.45, 2.75) is 9.75 Å². The van der Waals surface area contributed by atoms with E-state index in [-0.39, 0.29) is 10.0 Å². The standard InChI is InChI=1S/C40H27FN4O3S2/c41-32-19-16-27(17-20-32)38-34(28-18-21-35-33(24-28)39(43-26-42-35)36-22-23-37(49-36)50(46,47)48)25-45(44-38)40(29-10-4-1-5-11-29,30-12-6-2-7-13-30)31-14-8-3-9-15-31/h1-26H,(H,46,47,48). The Labute approximate surface area is 291 Å². The number of hydrogen-bond donors (Lipinski definition) is 1. The topological polar surface area (TPSA) is 98.0 Å². The van der Waals surface area contributed by atoms with Gasteiger partial charge in [0.05, 0.1) is 16.1 Å². The van der Waals surface area contributed by atoms with Crippen molar-refractivity contribution in [1.82, 2.24) is 19.7 Å². The van der Waals surface area contributed by atoms with E-state index in [0.29, 0.717) is 27.2 Å². The summed E-state index contributed by atoms with van der Waals surface area (Å²) in [6, 6.07) is 45.7. The largest absolute Gasteiger partial charge is 0.304 e. The Hall–Kier alpha value is -5.81. The van der Waals surface area contributed by atoms with Crippen LogP contribution in [0.1, 0.15) is 16.7 Å². The summed E-state index contributed by atoms with van der Waals surface area (Å²) in [5, 5.41) is 6.04. The molecule has 1 N–H and O–H groups in total. The fourth-order valence-corrected chi connectivity index (χ4v) is 8.20. The van der Waals surface area contributed by atoms with Crippen LogP contribution in [0.4, 0.5) is 4.39 Å². The average molecular weight is 695 g/mol. The Morgan fingerprint density at radius 3 is 1.80 bits per heavy atom. The molecule has 3 heterocycles. The van der Waals surface area contributed by atoms with Crippen LogP contribution in [0, 0.1) is 5.82 Å². The van der Waals surface area contributed by atoms with Crippen LogP contribution in [0.2, 0.25) is 0 Å². The van der Waals surface area contributed by atoms with Gasteiger partial charge in [0.2, 0.25) is 0 Å². The van der Waals surface area contributed by atoms with E-state index < -0.39 is 15.7 Å². The minimum absolute atomic E-state index is 0.172. The second-order valence-corrected chi connectivity index (χ2v) is 14.4. The van der Waals surface area contributed by atoms with E-state index >= 15 is 0 Å². The maximum absolute atomic E-state index is 14.2. The molecule has 0 aliphatic carbocycles. The molecule has 0 saturated heterocycles. The minimum atomic E-state index is -4.38. The van der Waals surface area contributed by atoms with Crippen LogP contribution in [0.3, 0.4) is 0 Å². The Balaban J connectivity index is 1.42. The highest BCUT2D eigenvalue weighted by Gasteiger charge is 2.40. The first kappa shape index (κ1) is 31.5. The van der Waals surface area contributed by atoms with Gasteiger partial charge in [-0.25, -0.2) is 14.4 Å². The third kappa shape index (κ3) is 5.49. The van der Waals surface area contributed by atoms with E-state index in [1.807, 2.05) is 83.7 Å². The smallest absolute Gasteiger partial charge is 0.281 e. The normalized spacial score (nSPS) is 12.0. The molecular weight excluding hydrogens is 668 g/mol. The second-order valence-electron chi connectivity index (χ2n) is 11.7. The highest BCUT2D eigenvalue weighted by Crippen LogP contribution is 2.44. The van der Waals surface area contributed by atoms with Gasteiger partial charge in [-0.3, -0.25) is 9.23 Å². The van der Waals surface area contributed by atoms with Gasteiger partial charge in [-0.05, 0) is 70.8 Å². The van der Waals surface area contributed by atoms with E-state index in [0.717, 1.165) is 44.7 Å². The number of aromatic nitrogens is 4. The fourth-order valence-electron chi connectivity index (χ4n) is 6.52. The molecule has 0 aliphatic rings. The Kier molecular flexibility index (Phi) is 7.91. The zero-order valence-electron chi connectivity index (χ0n) is 26.3. The van der Waals surface area contributed by atoms with Gasteiger partial charge in [-0.1, -0.05) is 97.1 Å². The van der Waals surface area contributed by atoms with Crippen molar-refractivity contribution in [3.05, 3.63) is 181 Å². The van der Waals surface area contributed by atoms with Crippen molar-refractivity contribution in [2.75, 3.05) is 0 Å². The van der Waals surface area contributed by atoms with Crippen LogP contribution in [0.25, 0.3) is 43.9 Å². The van der Waals surface area contributed by atoms with Crippen molar-refractivity contribution < 1.29 is 17.4 Å². The van der Waals surface area contributed by atoms with Gasteiger partial charge in [0.25, 0.3) is 0 Å². The lowest BCUT2D eigenvalue weighted by Gasteiger charge is -2.36. The molecule has 0 fully saturated rings. The number of halogens is 1. The molecule has 0 amide bonds. The molecular formula is C40H27FN4O3S2. The molecule has 0 radical (unpaired) electrons. The van der Waals surface area contributed by atoms with Gasteiger partial charge in [0.15, 0.2) is 0 Å². The van der Waals surface area contributed by atoms with Crippen molar-refractivity contribution in [2.24, 2.45) is 0 Å². The molecule has 8 rings (SSSR count). The molecule has 0 atom stereocenters. The second kappa shape index (κ2) is 12.6. The maximum atomic E-state index is 14.2. The molecule has 0 spiro atoms. The molecule has 0 aliphatic heterocycles. The van der Waals surface area contributed by atoms with Gasteiger partial charge < -0.3 is 0 Å². The Morgan fingerprint density at radius 1 is 0.660 bits per heavy atom. The Bertz CT molecular complexity index is 2480. The predicted octanol–water partition coefficient (Wildman–Crippen LogP) is 9.11. The highest BCUT2D eigenvalue weighted by atomic mass is 32.3. The molecule has 50 heavy (non-hydrogen) atoms. The SMILES string of the molecule is O=S(=O)(O)c1ccc(-c2ncnc3ccc(-c4cn(C(c5ccccc5)(c5ccccc5)c5ccccc5)nc4-c4ccc(F)cc4)cc23)s1. The summed E-state index contributed by atoms with van der Waals surface area (Å²) >= 11 is 0.931. The monoisotopic (exact) mass is 694 g/mol. The summed E-state index contributed by atoms with van der Waals surface area (Å²) < 4.78 is 49.4. The molecule has 8 aromatic rings. The average Bonchev–Trinajstić information content (AvgIpc) is 3.83. The van der Waals surface area contributed by atoms with Gasteiger partial charge in [0.1, 0.15) is 27.6 Å². The molecule has 0 bridgehead atoms. The van der Waals surface area contributed by atoms with E-state index in [1.165, 1.54) is 24.5 Å². The lowest BCUT2D eigenvalue weighted by Crippen LogP contribution is -2.38. The molecule has 0 unspecified atom stereocenters. The van der Waals surface area contributed by atoms with Gasteiger partial charge in [0, 0.05) is 22.7 Å². The van der Waals surface area contributed by atoms with Gasteiger partial charge in [-0.15, -0.1) is 11.3 Å². The summed E-state index contributed by atoms with van der Waals surface area (Å²) in [4.78, 5) is 9.56. The first-order chi connectivity index (χ1) is 24.3. The van der Waals surface area contributed by atoms with Crippen LogP contribution >= 0.6 is 11.3 Å². The van der Waals surface area contributed by atoms with Crippen LogP contribution in [-0.4, -0.2) is 32.7 Å². The summed E-state index contributed by atoms with van der Waals surface area (Å²) in [5.41, 5.74) is 6.23. The van der Waals surface area contributed by atoms with E-state index in [2.05, 4.69) is 46.4 Å². The molecule has 0 saturated carbocycles. The lowest BCUT2D eigenvalue weighted by molar-refractivity contribution is 0.461. The maximum Gasteiger partial charge on any atom is 0.304 e. The summed E-state index contributed by atoms with van der Waals surface area (Å²) in [7, 11) is -4.38. The summed E-state index contributed by atoms with van der Waals surface area (Å²) in [6.07, 6.45) is 3.46. The van der Waals surface area contributed by atoms with E-state index in [9.17, 15) is 17.4 Å². The van der Waals surface area contributed by atoms with Crippen molar-refractivity contribution in [3.63, 3.8) is 0 Å². The molecule has 5 aromatic carbocycles. The minimum Gasteiger partial charge on any atom is -0.281 e. The third-order valence-electron chi connectivity index (χ3n) is 8.77.